The summed E-state index contributed by atoms with van der Waals surface area (Å²) in [7, 11) is 0. The van der Waals surface area contributed by atoms with Crippen LogP contribution in [0, 0.1) is 11.6 Å². The first kappa shape index (κ1) is 26.1. The van der Waals surface area contributed by atoms with E-state index < -0.39 is 17.5 Å². The van der Waals surface area contributed by atoms with Crippen molar-refractivity contribution in [3.8, 4) is 17.0 Å². The van der Waals surface area contributed by atoms with Crippen LogP contribution in [0.25, 0.3) is 11.3 Å². The van der Waals surface area contributed by atoms with E-state index >= 15 is 0 Å². The summed E-state index contributed by atoms with van der Waals surface area (Å²) in [6, 6.07) is 6.48. The Labute approximate surface area is 217 Å². The number of hydrogen-bond donors (Lipinski definition) is 2. The van der Waals surface area contributed by atoms with Gasteiger partial charge in [-0.05, 0) is 56.6 Å². The van der Waals surface area contributed by atoms with Gasteiger partial charge in [0.25, 0.3) is 5.91 Å². The molecular formula is C25H25Cl2F2N5O2. The van der Waals surface area contributed by atoms with Crippen LogP contribution in [0.3, 0.4) is 0 Å². The maximum atomic E-state index is 14.6. The second-order valence-electron chi connectivity index (χ2n) is 8.44. The van der Waals surface area contributed by atoms with Gasteiger partial charge in [0, 0.05) is 30.1 Å². The molecular weight excluding hydrogens is 511 g/mol. The Bertz CT molecular complexity index is 1230. The van der Waals surface area contributed by atoms with E-state index in [2.05, 4.69) is 20.2 Å². The van der Waals surface area contributed by atoms with Crippen molar-refractivity contribution in [1.29, 1.82) is 0 Å². The molecule has 0 saturated carbocycles. The Kier molecular flexibility index (Phi) is 8.56. The lowest BCUT2D eigenvalue weighted by Gasteiger charge is -2.26. The molecule has 2 heterocycles. The van der Waals surface area contributed by atoms with Crippen molar-refractivity contribution < 1.29 is 18.3 Å². The summed E-state index contributed by atoms with van der Waals surface area (Å²) < 4.78 is 33.9. The summed E-state index contributed by atoms with van der Waals surface area (Å²) in [5, 5.41) is 2.76. The normalized spacial score (nSPS) is 14.0. The first-order chi connectivity index (χ1) is 17.3. The zero-order valence-electron chi connectivity index (χ0n) is 19.4. The fourth-order valence-corrected chi connectivity index (χ4v) is 4.70. The zero-order valence-corrected chi connectivity index (χ0v) is 20.9. The number of amides is 1. The minimum Gasteiger partial charge on any atom is -0.490 e. The predicted octanol–water partition coefficient (Wildman–Crippen LogP) is 5.83. The number of piperidine rings is 1. The number of hydrogen-bond acceptors (Lipinski definition) is 6. The molecule has 0 atom stereocenters. The average Bonchev–Trinajstić information content (AvgIpc) is 2.83. The highest BCUT2D eigenvalue weighted by molar-refractivity contribution is 6.39. The van der Waals surface area contributed by atoms with Gasteiger partial charge in [0.1, 0.15) is 5.82 Å². The molecule has 0 unspecified atom stereocenters. The number of likely N-dealkylation sites (tertiary alicyclic amines) is 1. The molecule has 0 bridgehead atoms. The minimum absolute atomic E-state index is 0.0177. The third-order valence-electron chi connectivity index (χ3n) is 5.81. The van der Waals surface area contributed by atoms with Crippen LogP contribution >= 0.6 is 23.2 Å². The summed E-state index contributed by atoms with van der Waals surface area (Å²) in [6.07, 6.45) is 5.75. The quantitative estimate of drug-likeness (QED) is 0.335. The van der Waals surface area contributed by atoms with Crippen LogP contribution in [0.5, 0.6) is 5.75 Å². The SMILES string of the molecule is NC(=O)c1cnc(Nc2ccc(OCCCN3CCCCC3)c(F)c2)nc1-c1c(Cl)cc(F)cc1Cl. The number of rotatable bonds is 9. The number of nitrogens with zero attached hydrogens (tertiary/aromatic N) is 3. The molecule has 0 aliphatic carbocycles. The second-order valence-corrected chi connectivity index (χ2v) is 9.25. The van der Waals surface area contributed by atoms with Crippen molar-refractivity contribution >= 4 is 40.7 Å². The molecule has 1 amide bonds. The van der Waals surface area contributed by atoms with Crippen molar-refractivity contribution in [1.82, 2.24) is 14.9 Å². The van der Waals surface area contributed by atoms with E-state index in [0.717, 1.165) is 38.2 Å². The van der Waals surface area contributed by atoms with Crippen molar-refractivity contribution in [2.45, 2.75) is 25.7 Å². The van der Waals surface area contributed by atoms with E-state index in [1.165, 1.54) is 37.6 Å². The number of nitrogens with two attached hydrogens (primary N) is 1. The number of primary amides is 1. The largest absolute Gasteiger partial charge is 0.490 e. The van der Waals surface area contributed by atoms with Gasteiger partial charge >= 0.3 is 0 Å². The number of ether oxygens (including phenoxy) is 1. The summed E-state index contributed by atoms with van der Waals surface area (Å²) in [5.74, 6) is -1.83. The van der Waals surface area contributed by atoms with E-state index in [-0.39, 0.29) is 38.6 Å². The van der Waals surface area contributed by atoms with Crippen LogP contribution < -0.4 is 15.8 Å². The molecule has 4 rings (SSSR count). The Morgan fingerprint density at radius 3 is 2.50 bits per heavy atom. The Morgan fingerprint density at radius 2 is 1.83 bits per heavy atom. The van der Waals surface area contributed by atoms with Crippen LogP contribution in [-0.4, -0.2) is 47.0 Å². The summed E-state index contributed by atoms with van der Waals surface area (Å²) >= 11 is 12.3. The highest BCUT2D eigenvalue weighted by Gasteiger charge is 2.20. The summed E-state index contributed by atoms with van der Waals surface area (Å²) in [4.78, 5) is 22.7. The maximum Gasteiger partial charge on any atom is 0.252 e. The molecule has 3 N–H and O–H groups in total. The third kappa shape index (κ3) is 6.40. The maximum absolute atomic E-state index is 14.6. The third-order valence-corrected chi connectivity index (χ3v) is 6.41. The van der Waals surface area contributed by atoms with Crippen LogP contribution in [0.1, 0.15) is 36.0 Å². The van der Waals surface area contributed by atoms with Gasteiger partial charge in [-0.2, -0.15) is 0 Å². The fourth-order valence-electron chi connectivity index (χ4n) is 4.06. The van der Waals surface area contributed by atoms with Gasteiger partial charge in [0.2, 0.25) is 5.95 Å². The van der Waals surface area contributed by atoms with E-state index in [4.69, 9.17) is 33.7 Å². The summed E-state index contributed by atoms with van der Waals surface area (Å²) in [5.41, 5.74) is 5.88. The van der Waals surface area contributed by atoms with E-state index in [1.807, 2.05) is 0 Å². The molecule has 1 aliphatic rings. The first-order valence-electron chi connectivity index (χ1n) is 11.6. The van der Waals surface area contributed by atoms with Gasteiger partial charge in [0.15, 0.2) is 11.6 Å². The molecule has 7 nitrogen and oxygen atoms in total. The molecule has 36 heavy (non-hydrogen) atoms. The van der Waals surface area contributed by atoms with Crippen molar-refractivity contribution in [2.75, 3.05) is 31.6 Å². The number of nitrogens with one attached hydrogen (secondary N) is 1. The van der Waals surface area contributed by atoms with Gasteiger partial charge < -0.3 is 20.7 Å². The van der Waals surface area contributed by atoms with Crippen LogP contribution in [0.15, 0.2) is 36.5 Å². The molecule has 1 fully saturated rings. The highest BCUT2D eigenvalue weighted by atomic mass is 35.5. The van der Waals surface area contributed by atoms with Gasteiger partial charge in [0.05, 0.1) is 27.9 Å². The molecule has 11 heteroatoms. The topological polar surface area (TPSA) is 93.4 Å². The molecule has 0 radical (unpaired) electrons. The standard InChI is InChI=1S/C25H25Cl2F2N5O2/c26-18-11-15(28)12-19(27)22(18)23-17(24(30)35)14-31-25(33-23)32-16-5-6-21(20(29)13-16)36-10-4-9-34-7-2-1-3-8-34/h5-6,11-14H,1-4,7-10H2,(H2,30,35)(H,31,32,33). The lowest BCUT2D eigenvalue weighted by molar-refractivity contribution is 0.100. The Morgan fingerprint density at radius 1 is 1.11 bits per heavy atom. The molecule has 0 spiro atoms. The van der Waals surface area contributed by atoms with Crippen molar-refractivity contribution in [3.63, 3.8) is 0 Å². The fraction of sp³-hybridized carbons (Fsp3) is 0.320. The molecule has 1 aromatic heterocycles. The van der Waals surface area contributed by atoms with E-state index in [0.29, 0.717) is 12.3 Å². The number of anilines is 2. The average molecular weight is 536 g/mol. The molecule has 1 saturated heterocycles. The Hall–Kier alpha value is -3.01. The predicted molar refractivity (Wildman–Crippen MR) is 136 cm³/mol. The van der Waals surface area contributed by atoms with Gasteiger partial charge in [-0.1, -0.05) is 29.6 Å². The molecule has 1 aliphatic heterocycles. The Balaban J connectivity index is 1.47. The first-order valence-corrected chi connectivity index (χ1v) is 12.3. The van der Waals surface area contributed by atoms with Crippen LogP contribution in [-0.2, 0) is 0 Å². The van der Waals surface area contributed by atoms with Crippen LogP contribution in [0.2, 0.25) is 10.0 Å². The number of aromatic nitrogens is 2. The summed E-state index contributed by atoms with van der Waals surface area (Å²) in [6.45, 7) is 3.57. The number of carbonyl (C=O) groups excluding carboxylic acids is 1. The van der Waals surface area contributed by atoms with Crippen molar-refractivity contribution in [3.05, 3.63) is 63.8 Å². The highest BCUT2D eigenvalue weighted by Crippen LogP contribution is 2.36. The molecule has 3 aromatic rings. The molecule has 190 valence electrons. The van der Waals surface area contributed by atoms with Crippen molar-refractivity contribution in [2.24, 2.45) is 5.73 Å². The number of halogens is 4. The number of carbonyl (C=O) groups is 1. The lowest BCUT2D eigenvalue weighted by Crippen LogP contribution is -2.31. The second kappa shape index (κ2) is 11.8. The number of benzene rings is 2. The zero-order chi connectivity index (χ0) is 25.7. The monoisotopic (exact) mass is 535 g/mol. The smallest absolute Gasteiger partial charge is 0.252 e. The minimum atomic E-state index is -0.819. The van der Waals surface area contributed by atoms with Crippen LogP contribution in [0.4, 0.5) is 20.4 Å². The lowest BCUT2D eigenvalue weighted by atomic mass is 10.1. The van der Waals surface area contributed by atoms with E-state index in [9.17, 15) is 13.6 Å². The van der Waals surface area contributed by atoms with Gasteiger partial charge in [-0.15, -0.1) is 0 Å². The van der Waals surface area contributed by atoms with E-state index in [1.54, 1.807) is 6.07 Å². The molecule has 2 aromatic carbocycles. The van der Waals surface area contributed by atoms with Gasteiger partial charge in [-0.25, -0.2) is 18.7 Å². The van der Waals surface area contributed by atoms with Gasteiger partial charge in [-0.3, -0.25) is 4.79 Å².